The van der Waals surface area contributed by atoms with Crippen molar-refractivity contribution in [1.29, 1.82) is 0 Å². The lowest BCUT2D eigenvalue weighted by molar-refractivity contribution is -0.385. The van der Waals surface area contributed by atoms with Gasteiger partial charge in [0.15, 0.2) is 6.20 Å². The van der Waals surface area contributed by atoms with Crippen molar-refractivity contribution in [1.82, 2.24) is 4.98 Å². The van der Waals surface area contributed by atoms with Gasteiger partial charge in [-0.25, -0.2) is 4.98 Å². The van der Waals surface area contributed by atoms with Gasteiger partial charge in [-0.15, -0.1) is 0 Å². The minimum absolute atomic E-state index is 0.0920. The van der Waals surface area contributed by atoms with Gasteiger partial charge in [-0.2, -0.15) is 0 Å². The van der Waals surface area contributed by atoms with Crippen molar-refractivity contribution in [3.63, 3.8) is 0 Å². The van der Waals surface area contributed by atoms with Crippen LogP contribution in [0.4, 0.5) is 5.69 Å². The fourth-order valence-corrected chi connectivity index (χ4v) is 0.521. The molecule has 1 heterocycles. The first-order valence-corrected chi connectivity index (χ1v) is 2.70. The van der Waals surface area contributed by atoms with Crippen LogP contribution in [0.1, 0.15) is 5.69 Å². The average molecular weight is 137 g/mol. The molecule has 1 aromatic heterocycles. The molecule has 0 atom stereocenters. The second kappa shape index (κ2) is 2.43. The number of hydrogen-bond donors (Lipinski definition) is 0. The number of rotatable bonds is 1. The summed E-state index contributed by atoms with van der Waals surface area (Å²) in [6.45, 7) is 1.75. The molecule has 0 aliphatic carbocycles. The van der Waals surface area contributed by atoms with E-state index in [-0.39, 0.29) is 5.69 Å². The van der Waals surface area contributed by atoms with E-state index in [9.17, 15) is 10.1 Å². The van der Waals surface area contributed by atoms with Gasteiger partial charge in [0, 0.05) is 11.8 Å². The van der Waals surface area contributed by atoms with Gasteiger partial charge >= 0.3 is 0 Å². The first kappa shape index (κ1) is 6.67. The summed E-state index contributed by atoms with van der Waals surface area (Å²) in [6.07, 6.45) is 2.29. The largest absolute Gasteiger partial charge is 0.297 e. The summed E-state index contributed by atoms with van der Waals surface area (Å²) in [6, 6.07) is 2.96. The molecule has 0 aromatic carbocycles. The SMILES string of the molecule is Cc1ccc([N+](=O)[O-])[c]n1. The van der Waals surface area contributed by atoms with Gasteiger partial charge < -0.3 is 0 Å². The monoisotopic (exact) mass is 137 g/mol. The van der Waals surface area contributed by atoms with Crippen LogP contribution in [0, 0.1) is 23.2 Å². The Morgan fingerprint density at radius 2 is 2.40 bits per heavy atom. The zero-order valence-corrected chi connectivity index (χ0v) is 5.37. The van der Waals surface area contributed by atoms with Gasteiger partial charge in [0.25, 0.3) is 5.69 Å². The fraction of sp³-hybridized carbons (Fsp3) is 0.167. The Morgan fingerprint density at radius 3 is 2.80 bits per heavy atom. The molecule has 1 rings (SSSR count). The molecule has 4 nitrogen and oxygen atoms in total. The highest BCUT2D eigenvalue weighted by Crippen LogP contribution is 2.06. The number of hydrogen-bond acceptors (Lipinski definition) is 3. The van der Waals surface area contributed by atoms with Gasteiger partial charge in [0.2, 0.25) is 0 Å². The summed E-state index contributed by atoms with van der Waals surface area (Å²) in [4.78, 5) is 13.2. The average Bonchev–Trinajstić information content (AvgIpc) is 1.88. The summed E-state index contributed by atoms with van der Waals surface area (Å²) >= 11 is 0. The maximum absolute atomic E-state index is 10.0. The van der Waals surface area contributed by atoms with Gasteiger partial charge in [-0.05, 0) is 13.0 Å². The van der Waals surface area contributed by atoms with Crippen LogP contribution in [0.25, 0.3) is 0 Å². The van der Waals surface area contributed by atoms with E-state index in [1.165, 1.54) is 6.07 Å². The van der Waals surface area contributed by atoms with Crippen LogP contribution in [0.2, 0.25) is 0 Å². The highest BCUT2D eigenvalue weighted by Gasteiger charge is 2.03. The molecule has 51 valence electrons. The summed E-state index contributed by atoms with van der Waals surface area (Å²) in [7, 11) is 0. The third-order valence-corrected chi connectivity index (χ3v) is 1.03. The zero-order valence-electron chi connectivity index (χ0n) is 5.37. The van der Waals surface area contributed by atoms with E-state index in [2.05, 4.69) is 11.2 Å². The highest BCUT2D eigenvalue weighted by molar-refractivity contribution is 5.24. The molecular weight excluding hydrogens is 132 g/mol. The molecule has 1 radical (unpaired) electrons. The molecule has 0 N–H and O–H groups in total. The van der Waals surface area contributed by atoms with Crippen molar-refractivity contribution >= 4 is 5.69 Å². The summed E-state index contributed by atoms with van der Waals surface area (Å²) in [5.41, 5.74) is 0.635. The van der Waals surface area contributed by atoms with Crippen LogP contribution in [0.15, 0.2) is 12.1 Å². The highest BCUT2D eigenvalue weighted by atomic mass is 16.6. The van der Waals surface area contributed by atoms with Crippen LogP contribution in [-0.2, 0) is 0 Å². The van der Waals surface area contributed by atoms with E-state index in [1.807, 2.05) is 0 Å². The van der Waals surface area contributed by atoms with Crippen LogP contribution in [0.5, 0.6) is 0 Å². The van der Waals surface area contributed by atoms with E-state index in [4.69, 9.17) is 0 Å². The number of nitrogens with zero attached hydrogens (tertiary/aromatic N) is 2. The van der Waals surface area contributed by atoms with Gasteiger partial charge in [0.1, 0.15) is 0 Å². The topological polar surface area (TPSA) is 56.0 Å². The van der Waals surface area contributed by atoms with Crippen LogP contribution >= 0.6 is 0 Å². The molecule has 0 saturated heterocycles. The molecule has 0 aliphatic rings. The standard InChI is InChI=1S/C6H5N2O2/c1-5-2-3-6(4-7-5)8(9)10/h2-3H,1H3. The Labute approximate surface area is 57.7 Å². The molecule has 0 bridgehead atoms. The van der Waals surface area contributed by atoms with Crippen molar-refractivity contribution < 1.29 is 4.92 Å². The minimum atomic E-state index is -0.521. The van der Waals surface area contributed by atoms with E-state index in [0.717, 1.165) is 5.69 Å². The number of pyridine rings is 1. The minimum Gasteiger partial charge on any atom is -0.258 e. The van der Waals surface area contributed by atoms with Gasteiger partial charge in [-0.3, -0.25) is 10.1 Å². The molecule has 0 spiro atoms. The smallest absolute Gasteiger partial charge is 0.258 e. The summed E-state index contributed by atoms with van der Waals surface area (Å²) < 4.78 is 0. The van der Waals surface area contributed by atoms with E-state index < -0.39 is 4.92 Å². The first-order chi connectivity index (χ1) is 4.70. The lowest BCUT2D eigenvalue weighted by atomic mass is 10.3. The Bertz CT molecular complexity index is 242. The maximum Gasteiger partial charge on any atom is 0.297 e. The van der Waals surface area contributed by atoms with E-state index in [1.54, 1.807) is 13.0 Å². The third kappa shape index (κ3) is 1.28. The van der Waals surface area contributed by atoms with Crippen molar-refractivity contribution in [3.8, 4) is 0 Å². The fourth-order valence-electron chi connectivity index (χ4n) is 0.521. The summed E-state index contributed by atoms with van der Waals surface area (Å²) in [5, 5.41) is 10.0. The van der Waals surface area contributed by atoms with Crippen LogP contribution in [-0.4, -0.2) is 9.91 Å². The second-order valence-electron chi connectivity index (χ2n) is 1.84. The molecule has 0 saturated carbocycles. The zero-order chi connectivity index (χ0) is 7.56. The second-order valence-corrected chi connectivity index (χ2v) is 1.84. The maximum atomic E-state index is 10.0. The van der Waals surface area contributed by atoms with Crippen LogP contribution < -0.4 is 0 Å². The van der Waals surface area contributed by atoms with Crippen LogP contribution in [0.3, 0.4) is 0 Å². The Hall–Kier alpha value is -1.45. The van der Waals surface area contributed by atoms with Crippen molar-refractivity contribution in [2.75, 3.05) is 0 Å². The predicted molar refractivity (Wildman–Crippen MR) is 34.5 cm³/mol. The van der Waals surface area contributed by atoms with Crippen molar-refractivity contribution in [2.45, 2.75) is 6.92 Å². The van der Waals surface area contributed by atoms with E-state index in [0.29, 0.717) is 0 Å². The van der Waals surface area contributed by atoms with E-state index >= 15 is 0 Å². The molecule has 10 heavy (non-hydrogen) atoms. The quantitative estimate of drug-likeness (QED) is 0.430. The Balaban J connectivity index is 3.00. The molecular formula is C6H5N2O2. The molecule has 0 unspecified atom stereocenters. The summed E-state index contributed by atoms with van der Waals surface area (Å²) in [5.74, 6) is 0. The molecule has 0 amide bonds. The Morgan fingerprint density at radius 1 is 1.70 bits per heavy atom. The number of nitro groups is 1. The van der Waals surface area contributed by atoms with Crippen molar-refractivity contribution in [2.24, 2.45) is 0 Å². The van der Waals surface area contributed by atoms with Crippen molar-refractivity contribution in [3.05, 3.63) is 34.1 Å². The molecule has 0 aliphatic heterocycles. The number of aromatic nitrogens is 1. The lowest BCUT2D eigenvalue weighted by Crippen LogP contribution is -1.89. The van der Waals surface area contributed by atoms with Gasteiger partial charge in [0.05, 0.1) is 4.92 Å². The first-order valence-electron chi connectivity index (χ1n) is 2.70. The third-order valence-electron chi connectivity index (χ3n) is 1.03. The number of aryl methyl sites for hydroxylation is 1. The lowest BCUT2D eigenvalue weighted by Gasteiger charge is -1.88. The molecule has 0 fully saturated rings. The molecule has 1 aromatic rings. The predicted octanol–water partition coefficient (Wildman–Crippen LogP) is 1.10. The molecule has 4 heteroatoms. The normalized spacial score (nSPS) is 9.30. The van der Waals surface area contributed by atoms with Gasteiger partial charge in [-0.1, -0.05) is 0 Å². The Kier molecular flexibility index (Phi) is 1.62.